The van der Waals surface area contributed by atoms with Gasteiger partial charge < -0.3 is 23.8 Å². The smallest absolute Gasteiger partial charge is 0.270 e. The van der Waals surface area contributed by atoms with Crippen molar-refractivity contribution in [1.82, 2.24) is 14.6 Å². The van der Waals surface area contributed by atoms with Crippen LogP contribution in [0.5, 0.6) is 11.5 Å². The van der Waals surface area contributed by atoms with Gasteiger partial charge in [-0.3, -0.25) is 4.79 Å². The molecule has 3 heterocycles. The van der Waals surface area contributed by atoms with E-state index in [0.717, 1.165) is 40.8 Å². The van der Waals surface area contributed by atoms with Crippen molar-refractivity contribution in [2.24, 2.45) is 0 Å². The summed E-state index contributed by atoms with van der Waals surface area (Å²) in [6, 6.07) is 38.7. The first kappa shape index (κ1) is 37.8. The maximum absolute atomic E-state index is 14.1. The summed E-state index contributed by atoms with van der Waals surface area (Å²) in [6.45, 7) is 10.4. The lowest BCUT2D eigenvalue weighted by molar-refractivity contribution is 0.0945. The Morgan fingerprint density at radius 3 is 2.22 bits per heavy atom. The maximum atomic E-state index is 14.1. The number of hydrogen-bond donors (Lipinski definition) is 1. The highest BCUT2D eigenvalue weighted by atomic mass is 32.2. The monoisotopic (exact) mass is 759 g/mol. The summed E-state index contributed by atoms with van der Waals surface area (Å²) in [5.74, 6) is 1.67. The highest BCUT2D eigenvalue weighted by Gasteiger charge is 2.50. The first-order valence-electron chi connectivity index (χ1n) is 18.9. The Balaban J connectivity index is 1.23. The van der Waals surface area contributed by atoms with Crippen LogP contribution in [-0.2, 0) is 28.9 Å². The van der Waals surface area contributed by atoms with E-state index in [2.05, 4.69) is 98.0 Å². The number of hydrogen-bond acceptors (Lipinski definition) is 7. The second-order valence-corrected chi connectivity index (χ2v) is 20.8. The van der Waals surface area contributed by atoms with Crippen molar-refractivity contribution in [2.75, 3.05) is 19.2 Å². The minimum absolute atomic E-state index is 0.174. The third-order valence-electron chi connectivity index (χ3n) is 10.4. The second kappa shape index (κ2) is 16.5. The first-order chi connectivity index (χ1) is 26.2. The van der Waals surface area contributed by atoms with Gasteiger partial charge in [-0.25, -0.2) is 4.98 Å². The molecule has 0 aliphatic carbocycles. The fourth-order valence-electron chi connectivity index (χ4n) is 7.76. The summed E-state index contributed by atoms with van der Waals surface area (Å²) in [5, 5.41) is 5.33. The average Bonchev–Trinajstić information content (AvgIpc) is 3.82. The minimum Gasteiger partial charge on any atom is -0.598 e. The number of carbonyl (C=O) groups is 1. The molecule has 8 nitrogen and oxygen atoms in total. The number of aromatic nitrogens is 1. The predicted molar refractivity (Wildman–Crippen MR) is 218 cm³/mol. The topological polar surface area (TPSA) is 96.0 Å². The van der Waals surface area contributed by atoms with Crippen molar-refractivity contribution < 1.29 is 23.2 Å². The van der Waals surface area contributed by atoms with Crippen LogP contribution in [0.1, 0.15) is 80.2 Å². The number of rotatable bonds is 14. The van der Waals surface area contributed by atoms with Gasteiger partial charge in [0.15, 0.2) is 11.5 Å². The Kier molecular flexibility index (Phi) is 11.6. The highest BCUT2D eigenvalue weighted by Crippen LogP contribution is 2.44. The van der Waals surface area contributed by atoms with E-state index in [9.17, 15) is 9.35 Å². The third-order valence-corrected chi connectivity index (χ3v) is 17.0. The third kappa shape index (κ3) is 7.72. The highest BCUT2D eigenvalue weighted by molar-refractivity contribution is 7.89. The molecule has 5 aromatic rings. The van der Waals surface area contributed by atoms with E-state index in [0.29, 0.717) is 49.1 Å². The van der Waals surface area contributed by atoms with Gasteiger partial charge in [-0.15, -0.1) is 4.31 Å². The lowest BCUT2D eigenvalue weighted by Gasteiger charge is -2.43. The van der Waals surface area contributed by atoms with Gasteiger partial charge in [0.25, 0.3) is 14.2 Å². The van der Waals surface area contributed by atoms with Crippen LogP contribution in [0.3, 0.4) is 0 Å². The number of nitrogens with zero attached hydrogens (tertiary/aromatic N) is 2. The Morgan fingerprint density at radius 1 is 0.926 bits per heavy atom. The number of benzene rings is 4. The van der Waals surface area contributed by atoms with Gasteiger partial charge in [-0.2, -0.15) is 0 Å². The molecule has 0 bridgehead atoms. The Hall–Kier alpha value is -4.45. The molecule has 1 unspecified atom stereocenters. The van der Waals surface area contributed by atoms with E-state index in [4.69, 9.17) is 18.9 Å². The summed E-state index contributed by atoms with van der Waals surface area (Å²) in [4.78, 5) is 18.9. The fourth-order valence-corrected chi connectivity index (χ4v) is 13.9. The van der Waals surface area contributed by atoms with Gasteiger partial charge in [0.1, 0.15) is 11.4 Å². The van der Waals surface area contributed by atoms with E-state index in [1.165, 1.54) is 10.4 Å². The van der Waals surface area contributed by atoms with Crippen LogP contribution in [0, 0.1) is 0 Å². The number of pyridine rings is 1. The molecular formula is C44H49N3O5SSi. The standard InChI is InChI=1S/C44H49N3O5SSi/c1-5-6-26-53(49)47-30-34-28-37(43(48)45-29-32-22-23-39-40(27-32)51-31-50-39)46-42(33-16-10-7-11-17-33)41(34)38(47)24-25-52-54(44(2,3)4,35-18-12-8-13-19-35)36-20-14-9-15-21-36/h7-23,27-28,38H,5-6,24-26,29-31H2,1-4H3,(H,45,48)/t38-,53?/m1/s1. The largest absolute Gasteiger partial charge is 0.598 e. The zero-order valence-corrected chi connectivity index (χ0v) is 33.4. The quantitative estimate of drug-likeness (QED) is 0.0917. The van der Waals surface area contributed by atoms with Crippen LogP contribution < -0.4 is 25.2 Å². The lowest BCUT2D eigenvalue weighted by Crippen LogP contribution is -2.66. The van der Waals surface area contributed by atoms with E-state index >= 15 is 0 Å². The molecule has 10 heteroatoms. The van der Waals surface area contributed by atoms with Crippen molar-refractivity contribution in [1.29, 1.82) is 0 Å². The van der Waals surface area contributed by atoms with Gasteiger partial charge in [-0.05, 0) is 57.6 Å². The van der Waals surface area contributed by atoms with Crippen molar-refractivity contribution >= 4 is 36.0 Å². The van der Waals surface area contributed by atoms with Crippen LogP contribution in [0.2, 0.25) is 5.04 Å². The summed E-state index contributed by atoms with van der Waals surface area (Å²) >= 11 is -1.24. The maximum Gasteiger partial charge on any atom is 0.270 e. The summed E-state index contributed by atoms with van der Waals surface area (Å²) in [5.41, 5.74) is 4.87. The lowest BCUT2D eigenvalue weighted by atomic mass is 9.96. The normalized spacial score (nSPS) is 15.9. The summed E-state index contributed by atoms with van der Waals surface area (Å²) < 4.78 is 34.6. The molecule has 1 aromatic heterocycles. The number of ether oxygens (including phenoxy) is 2. The molecule has 2 aliphatic heterocycles. The Bertz CT molecular complexity index is 2010. The van der Waals surface area contributed by atoms with Gasteiger partial charge in [0, 0.05) is 35.6 Å². The molecule has 0 fully saturated rings. The van der Waals surface area contributed by atoms with Crippen LogP contribution in [-0.4, -0.2) is 47.2 Å². The van der Waals surface area contributed by atoms with Crippen molar-refractivity contribution in [3.8, 4) is 22.8 Å². The fraction of sp³-hybridized carbons (Fsp3) is 0.318. The van der Waals surface area contributed by atoms with Crippen LogP contribution in [0.15, 0.2) is 115 Å². The van der Waals surface area contributed by atoms with Gasteiger partial charge in [0.2, 0.25) is 6.79 Å². The van der Waals surface area contributed by atoms with E-state index in [1.807, 2.05) is 54.6 Å². The molecule has 0 saturated carbocycles. The van der Waals surface area contributed by atoms with Crippen molar-refractivity contribution in [3.05, 3.63) is 138 Å². The molecule has 7 rings (SSSR count). The molecule has 1 amide bonds. The summed E-state index contributed by atoms with van der Waals surface area (Å²) in [6.07, 6.45) is 2.44. The molecule has 4 aromatic carbocycles. The molecular weight excluding hydrogens is 711 g/mol. The van der Waals surface area contributed by atoms with Gasteiger partial charge >= 0.3 is 0 Å². The van der Waals surface area contributed by atoms with Gasteiger partial charge in [0.05, 0.1) is 18.3 Å². The van der Waals surface area contributed by atoms with E-state index in [-0.39, 0.29) is 23.8 Å². The molecule has 0 radical (unpaired) electrons. The Labute approximate surface area is 323 Å². The number of carbonyl (C=O) groups excluding carboxylic acids is 1. The van der Waals surface area contributed by atoms with Crippen LogP contribution in [0.25, 0.3) is 11.3 Å². The first-order valence-corrected chi connectivity index (χ1v) is 22.0. The molecule has 0 spiro atoms. The number of amides is 1. The van der Waals surface area contributed by atoms with E-state index < -0.39 is 19.7 Å². The molecule has 280 valence electrons. The van der Waals surface area contributed by atoms with Crippen molar-refractivity contribution in [2.45, 2.75) is 71.1 Å². The number of unbranched alkanes of at least 4 members (excludes halogenated alkanes) is 1. The molecule has 2 aliphatic rings. The second-order valence-electron chi connectivity index (χ2n) is 14.9. The molecule has 0 saturated heterocycles. The molecule has 54 heavy (non-hydrogen) atoms. The summed E-state index contributed by atoms with van der Waals surface area (Å²) in [7, 11) is -2.81. The average molecular weight is 760 g/mol. The molecule has 2 atom stereocenters. The SMILES string of the molecule is CCCC[S+]([O-])N1Cc2cc(C(=O)NCc3ccc4c(c3)OCO4)nc(-c3ccccc3)c2[C@H]1CCO[Si](c1ccccc1)(c1ccccc1)C(C)(C)C. The zero-order chi connectivity index (χ0) is 37.7. The number of nitrogens with one attached hydrogen (secondary N) is 1. The minimum atomic E-state index is -2.81. The van der Waals surface area contributed by atoms with Gasteiger partial charge in [-0.1, -0.05) is 131 Å². The Morgan fingerprint density at radius 2 is 1.57 bits per heavy atom. The van der Waals surface area contributed by atoms with Crippen LogP contribution >= 0.6 is 0 Å². The predicted octanol–water partition coefficient (Wildman–Crippen LogP) is 7.69. The number of fused-ring (bicyclic) bond motifs is 2. The molecule has 1 N–H and O–H groups in total. The zero-order valence-electron chi connectivity index (χ0n) is 31.5. The van der Waals surface area contributed by atoms with Crippen molar-refractivity contribution in [3.63, 3.8) is 0 Å². The van der Waals surface area contributed by atoms with E-state index in [1.54, 1.807) is 0 Å². The van der Waals surface area contributed by atoms with Crippen LogP contribution in [0.4, 0.5) is 0 Å².